The first-order chi connectivity index (χ1) is 5.33. The maximum Gasteiger partial charge on any atom is 0.0589 e. The summed E-state index contributed by atoms with van der Waals surface area (Å²) in [6.45, 7) is 6.74. The van der Waals surface area contributed by atoms with Crippen molar-refractivity contribution >= 4 is 0 Å². The van der Waals surface area contributed by atoms with E-state index >= 15 is 0 Å². The van der Waals surface area contributed by atoms with Crippen LogP contribution >= 0.6 is 0 Å². The van der Waals surface area contributed by atoms with E-state index in [1.165, 1.54) is 26.2 Å². The Morgan fingerprint density at radius 1 is 1.17 bits per heavy atom. The fourth-order valence-corrected chi connectivity index (χ4v) is 1.29. The minimum atomic E-state index is 0. The molecular weight excluding hydrogens is 152 g/mol. The lowest BCUT2D eigenvalue weighted by Crippen LogP contribution is -2.45. The second-order valence-electron chi connectivity index (χ2n) is 3.14. The molecule has 0 aromatic rings. The summed E-state index contributed by atoms with van der Waals surface area (Å²) in [5.74, 6) is 0. The van der Waals surface area contributed by atoms with E-state index in [9.17, 15) is 0 Å². The van der Waals surface area contributed by atoms with Crippen molar-refractivity contribution in [2.24, 2.45) is 0 Å². The van der Waals surface area contributed by atoms with Gasteiger partial charge in [-0.2, -0.15) is 0 Å². The Hall–Kier alpha value is -0.120. The normalized spacial score (nSPS) is 20.5. The molecule has 0 saturated carbocycles. The first kappa shape index (κ1) is 11.9. The summed E-state index contributed by atoms with van der Waals surface area (Å²) in [7, 11) is 3.93. The number of ether oxygens (including phenoxy) is 1. The zero-order chi connectivity index (χ0) is 8.10. The van der Waals surface area contributed by atoms with Crippen molar-refractivity contribution in [3.63, 3.8) is 0 Å². The molecule has 0 N–H and O–H groups in total. The number of piperazine rings is 1. The van der Waals surface area contributed by atoms with Gasteiger partial charge in [0.2, 0.25) is 0 Å². The molecule has 74 valence electrons. The maximum absolute atomic E-state index is 5.02. The van der Waals surface area contributed by atoms with Crippen LogP contribution in [0, 0.1) is 0 Å². The van der Waals surface area contributed by atoms with Crippen molar-refractivity contribution in [2.45, 2.75) is 7.43 Å². The van der Waals surface area contributed by atoms with Crippen LogP contribution in [0.25, 0.3) is 0 Å². The fourth-order valence-electron chi connectivity index (χ4n) is 1.29. The Labute approximate surface area is 76.3 Å². The summed E-state index contributed by atoms with van der Waals surface area (Å²) < 4.78 is 5.02. The average molecular weight is 174 g/mol. The summed E-state index contributed by atoms with van der Waals surface area (Å²) in [6, 6.07) is 0. The number of hydrogen-bond acceptors (Lipinski definition) is 3. The summed E-state index contributed by atoms with van der Waals surface area (Å²) >= 11 is 0. The highest BCUT2D eigenvalue weighted by Gasteiger charge is 2.12. The van der Waals surface area contributed by atoms with Crippen LogP contribution in [-0.2, 0) is 4.74 Å². The molecule has 1 aliphatic heterocycles. The smallest absolute Gasteiger partial charge is 0.0589 e. The van der Waals surface area contributed by atoms with Crippen molar-refractivity contribution in [2.75, 3.05) is 53.5 Å². The van der Waals surface area contributed by atoms with E-state index in [0.29, 0.717) is 0 Å². The van der Waals surface area contributed by atoms with Gasteiger partial charge in [0.25, 0.3) is 0 Å². The molecule has 0 aliphatic carbocycles. The minimum absolute atomic E-state index is 0. The van der Waals surface area contributed by atoms with Gasteiger partial charge in [0.1, 0.15) is 0 Å². The highest BCUT2D eigenvalue weighted by Crippen LogP contribution is 1.97. The van der Waals surface area contributed by atoms with Crippen LogP contribution in [0.2, 0.25) is 0 Å². The lowest BCUT2D eigenvalue weighted by atomic mass is 10.3. The Morgan fingerprint density at radius 3 is 2.25 bits per heavy atom. The van der Waals surface area contributed by atoms with E-state index in [1.54, 1.807) is 7.11 Å². The van der Waals surface area contributed by atoms with Gasteiger partial charge < -0.3 is 9.64 Å². The summed E-state index contributed by atoms with van der Waals surface area (Å²) in [5.41, 5.74) is 0. The van der Waals surface area contributed by atoms with E-state index < -0.39 is 0 Å². The molecule has 0 radical (unpaired) electrons. The van der Waals surface area contributed by atoms with Crippen LogP contribution in [0.5, 0.6) is 0 Å². The van der Waals surface area contributed by atoms with Gasteiger partial charge in [-0.1, -0.05) is 7.43 Å². The first-order valence-corrected chi connectivity index (χ1v) is 4.23. The molecule has 0 aromatic heterocycles. The molecule has 1 fully saturated rings. The number of likely N-dealkylation sites (N-methyl/N-ethyl adjacent to an activating group) is 1. The lowest BCUT2D eigenvalue weighted by molar-refractivity contribution is 0.108. The molecule has 1 rings (SSSR count). The second-order valence-corrected chi connectivity index (χ2v) is 3.14. The maximum atomic E-state index is 5.02. The largest absolute Gasteiger partial charge is 0.383 e. The number of nitrogens with zero attached hydrogens (tertiary/aromatic N) is 2. The van der Waals surface area contributed by atoms with E-state index in [4.69, 9.17) is 4.74 Å². The molecule has 0 spiro atoms. The van der Waals surface area contributed by atoms with Crippen molar-refractivity contribution in [3.05, 3.63) is 0 Å². The van der Waals surface area contributed by atoms with Gasteiger partial charge in [-0.05, 0) is 7.05 Å². The summed E-state index contributed by atoms with van der Waals surface area (Å²) in [5, 5.41) is 0. The third-order valence-corrected chi connectivity index (χ3v) is 2.21. The van der Waals surface area contributed by atoms with E-state index in [2.05, 4.69) is 16.8 Å². The van der Waals surface area contributed by atoms with Crippen LogP contribution < -0.4 is 0 Å². The lowest BCUT2D eigenvalue weighted by Gasteiger charge is -2.31. The second kappa shape index (κ2) is 6.40. The zero-order valence-electron chi connectivity index (χ0n) is 7.55. The van der Waals surface area contributed by atoms with Crippen LogP contribution in [0.1, 0.15) is 7.43 Å². The molecule has 1 saturated heterocycles. The van der Waals surface area contributed by atoms with E-state index in [-0.39, 0.29) is 7.43 Å². The topological polar surface area (TPSA) is 15.7 Å². The molecule has 0 bridgehead atoms. The number of hydrogen-bond donors (Lipinski definition) is 0. The SMILES string of the molecule is C.COCCN1CCN(C)CC1. The Kier molecular flexibility index (Phi) is 6.34. The predicted octanol–water partition coefficient (Wildman–Crippen LogP) is 0.516. The fraction of sp³-hybridized carbons (Fsp3) is 1.00. The number of methoxy groups -OCH3 is 1. The minimum Gasteiger partial charge on any atom is -0.383 e. The van der Waals surface area contributed by atoms with E-state index in [0.717, 1.165) is 13.2 Å². The monoisotopic (exact) mass is 174 g/mol. The molecule has 12 heavy (non-hydrogen) atoms. The van der Waals surface area contributed by atoms with Crippen molar-refractivity contribution in [1.29, 1.82) is 0 Å². The molecule has 0 aromatic carbocycles. The molecule has 0 amide bonds. The van der Waals surface area contributed by atoms with Crippen LogP contribution in [0.15, 0.2) is 0 Å². The van der Waals surface area contributed by atoms with E-state index in [1.807, 2.05) is 0 Å². The van der Waals surface area contributed by atoms with Gasteiger partial charge in [-0.3, -0.25) is 4.90 Å². The Morgan fingerprint density at radius 2 is 1.75 bits per heavy atom. The molecule has 3 nitrogen and oxygen atoms in total. The molecule has 0 atom stereocenters. The van der Waals surface area contributed by atoms with Crippen molar-refractivity contribution < 1.29 is 4.74 Å². The molecular formula is C9H22N2O. The molecule has 1 heterocycles. The van der Waals surface area contributed by atoms with Crippen molar-refractivity contribution in [1.82, 2.24) is 9.80 Å². The third-order valence-electron chi connectivity index (χ3n) is 2.21. The molecule has 3 heteroatoms. The Balaban J connectivity index is 0.00000121. The van der Waals surface area contributed by atoms with Gasteiger partial charge in [-0.15, -0.1) is 0 Å². The van der Waals surface area contributed by atoms with Gasteiger partial charge in [0, 0.05) is 39.8 Å². The Bertz CT molecular complexity index is 97.9. The van der Waals surface area contributed by atoms with Crippen molar-refractivity contribution in [3.8, 4) is 0 Å². The van der Waals surface area contributed by atoms with Crippen LogP contribution in [-0.4, -0.2) is 63.3 Å². The van der Waals surface area contributed by atoms with Crippen LogP contribution in [0.3, 0.4) is 0 Å². The van der Waals surface area contributed by atoms with Gasteiger partial charge in [0.05, 0.1) is 6.61 Å². The number of rotatable bonds is 3. The van der Waals surface area contributed by atoms with Gasteiger partial charge in [0.15, 0.2) is 0 Å². The van der Waals surface area contributed by atoms with Crippen LogP contribution in [0.4, 0.5) is 0 Å². The van der Waals surface area contributed by atoms with Gasteiger partial charge >= 0.3 is 0 Å². The highest BCUT2D eigenvalue weighted by atomic mass is 16.5. The standard InChI is InChI=1S/C8H18N2O.CH4/c1-9-3-5-10(6-4-9)7-8-11-2;/h3-8H2,1-2H3;1H4. The average Bonchev–Trinajstić information content (AvgIpc) is 2.04. The molecule has 1 aliphatic rings. The predicted molar refractivity (Wildman–Crippen MR) is 52.5 cm³/mol. The van der Waals surface area contributed by atoms with Gasteiger partial charge in [-0.25, -0.2) is 0 Å². The molecule has 0 unspecified atom stereocenters. The summed E-state index contributed by atoms with van der Waals surface area (Å²) in [6.07, 6.45) is 0. The summed E-state index contributed by atoms with van der Waals surface area (Å²) in [4.78, 5) is 4.81. The first-order valence-electron chi connectivity index (χ1n) is 4.23. The zero-order valence-corrected chi connectivity index (χ0v) is 7.55. The third kappa shape index (κ3) is 4.04. The highest BCUT2D eigenvalue weighted by molar-refractivity contribution is 4.68. The quantitative estimate of drug-likeness (QED) is 0.620.